The Morgan fingerprint density at radius 2 is 1.96 bits per heavy atom. The second-order valence-corrected chi connectivity index (χ2v) is 5.98. The van der Waals surface area contributed by atoms with Crippen LogP contribution < -0.4 is 5.73 Å². The van der Waals surface area contributed by atoms with Gasteiger partial charge < -0.3 is 10.8 Å². The van der Waals surface area contributed by atoms with Gasteiger partial charge in [0.1, 0.15) is 11.9 Å². The van der Waals surface area contributed by atoms with E-state index in [4.69, 9.17) is 28.9 Å². The fraction of sp³-hybridized carbons (Fsp3) is 0.118. The minimum absolute atomic E-state index is 0.0176. The molecule has 0 aliphatic rings. The van der Waals surface area contributed by atoms with E-state index in [1.54, 1.807) is 30.3 Å². The Kier molecular flexibility index (Phi) is 5.03. The molecule has 0 radical (unpaired) electrons. The van der Waals surface area contributed by atoms with Crippen molar-refractivity contribution >= 4 is 29.1 Å². The van der Waals surface area contributed by atoms with Crippen LogP contribution >= 0.6 is 23.2 Å². The molecule has 0 aliphatic heterocycles. The lowest BCUT2D eigenvalue weighted by Crippen LogP contribution is -2.14. The molecule has 1 atom stereocenters. The number of primary amides is 1. The van der Waals surface area contributed by atoms with Gasteiger partial charge in [0.05, 0.1) is 11.6 Å². The smallest absolute Gasteiger partial charge is 0.288 e. The van der Waals surface area contributed by atoms with Crippen molar-refractivity contribution < 1.29 is 9.90 Å². The molecule has 0 aliphatic carbocycles. The van der Waals surface area contributed by atoms with Gasteiger partial charge in [0.15, 0.2) is 0 Å². The average molecular weight is 377 g/mol. The van der Waals surface area contributed by atoms with Gasteiger partial charge in [-0.05, 0) is 23.8 Å². The number of hydrogen-bond donors (Lipinski definition) is 2. The molecule has 128 valence electrons. The minimum Gasteiger partial charge on any atom is -0.384 e. The number of carbonyl (C=O) groups excluding carboxylic acids is 1. The number of carbonyl (C=O) groups is 1. The van der Waals surface area contributed by atoms with Crippen LogP contribution in [0.4, 0.5) is 0 Å². The Labute approximate surface area is 153 Å². The maximum Gasteiger partial charge on any atom is 0.288 e. The molecule has 3 N–H and O–H groups in total. The average Bonchev–Trinajstić information content (AvgIpc) is 3.06. The number of alkyl halides is 1. The van der Waals surface area contributed by atoms with Crippen LogP contribution in [0.5, 0.6) is 0 Å². The van der Waals surface area contributed by atoms with Crippen LogP contribution in [0.15, 0.2) is 48.5 Å². The number of hydrogen-bond acceptors (Lipinski definition) is 4. The van der Waals surface area contributed by atoms with Gasteiger partial charge in [-0.1, -0.05) is 41.9 Å². The van der Waals surface area contributed by atoms with E-state index < -0.39 is 12.0 Å². The van der Waals surface area contributed by atoms with Gasteiger partial charge >= 0.3 is 0 Å². The Morgan fingerprint density at radius 1 is 1.24 bits per heavy atom. The maximum atomic E-state index is 11.4. The Balaban J connectivity index is 2.16. The van der Waals surface area contributed by atoms with Crippen LogP contribution in [0.3, 0.4) is 0 Å². The van der Waals surface area contributed by atoms with E-state index in [1.807, 2.05) is 18.2 Å². The van der Waals surface area contributed by atoms with Gasteiger partial charge in [-0.3, -0.25) is 4.79 Å². The minimum atomic E-state index is -0.945. The van der Waals surface area contributed by atoms with E-state index in [0.29, 0.717) is 27.7 Å². The lowest BCUT2D eigenvalue weighted by Gasteiger charge is -2.17. The van der Waals surface area contributed by atoms with Crippen LogP contribution in [0.1, 0.15) is 33.7 Å². The lowest BCUT2D eigenvalue weighted by atomic mass is 10.00. The third-order valence-corrected chi connectivity index (χ3v) is 4.12. The Bertz CT molecular complexity index is 912. The molecule has 6 nitrogen and oxygen atoms in total. The van der Waals surface area contributed by atoms with Gasteiger partial charge in [-0.15, -0.1) is 16.7 Å². The molecule has 0 spiro atoms. The number of amides is 1. The molecule has 0 saturated carbocycles. The molecule has 0 fully saturated rings. The largest absolute Gasteiger partial charge is 0.384 e. The summed E-state index contributed by atoms with van der Waals surface area (Å²) < 4.78 is 1.39. The topological polar surface area (TPSA) is 94.0 Å². The van der Waals surface area contributed by atoms with E-state index in [0.717, 1.165) is 0 Å². The molecule has 1 unspecified atom stereocenters. The highest BCUT2D eigenvalue weighted by Crippen LogP contribution is 2.30. The monoisotopic (exact) mass is 376 g/mol. The quantitative estimate of drug-likeness (QED) is 0.669. The van der Waals surface area contributed by atoms with Crippen LogP contribution in [0.2, 0.25) is 5.02 Å². The van der Waals surface area contributed by atoms with Crippen LogP contribution in [-0.2, 0) is 5.88 Å². The van der Waals surface area contributed by atoms with E-state index in [2.05, 4.69) is 10.1 Å². The summed E-state index contributed by atoms with van der Waals surface area (Å²) in [5, 5.41) is 15.4. The summed E-state index contributed by atoms with van der Waals surface area (Å²) in [6, 6.07) is 14.1. The molecular formula is C17H14Cl2N4O2. The number of halogens is 2. The van der Waals surface area contributed by atoms with Crippen molar-refractivity contribution in [3.63, 3.8) is 0 Å². The van der Waals surface area contributed by atoms with Gasteiger partial charge in [0, 0.05) is 10.6 Å². The summed E-state index contributed by atoms with van der Waals surface area (Å²) in [5.41, 5.74) is 6.96. The first-order valence-electron chi connectivity index (χ1n) is 7.35. The molecule has 25 heavy (non-hydrogen) atoms. The second-order valence-electron chi connectivity index (χ2n) is 5.28. The number of rotatable bonds is 5. The van der Waals surface area contributed by atoms with Crippen molar-refractivity contribution in [2.24, 2.45) is 5.73 Å². The lowest BCUT2D eigenvalue weighted by molar-refractivity contribution is 0.0990. The SMILES string of the molecule is NC(=O)c1nc(CCl)n(-c2ccc(Cl)cc2C(O)c2ccccc2)n1. The molecule has 1 heterocycles. The van der Waals surface area contributed by atoms with Crippen molar-refractivity contribution in [1.29, 1.82) is 0 Å². The van der Waals surface area contributed by atoms with Crippen LogP contribution in [0, 0.1) is 0 Å². The van der Waals surface area contributed by atoms with Gasteiger partial charge in [-0.25, -0.2) is 9.67 Å². The summed E-state index contributed by atoms with van der Waals surface area (Å²) >= 11 is 12.0. The molecule has 2 aromatic carbocycles. The number of aromatic nitrogens is 3. The second kappa shape index (κ2) is 7.23. The van der Waals surface area contributed by atoms with Crippen molar-refractivity contribution in [3.05, 3.63) is 76.3 Å². The van der Waals surface area contributed by atoms with Crippen molar-refractivity contribution in [1.82, 2.24) is 14.8 Å². The van der Waals surface area contributed by atoms with Gasteiger partial charge in [-0.2, -0.15) is 0 Å². The predicted octanol–water partition coefficient (Wildman–Crippen LogP) is 2.84. The highest BCUT2D eigenvalue weighted by Gasteiger charge is 2.21. The maximum absolute atomic E-state index is 11.4. The Hall–Kier alpha value is -2.41. The normalized spacial score (nSPS) is 12.1. The first-order valence-corrected chi connectivity index (χ1v) is 8.27. The zero-order valence-corrected chi connectivity index (χ0v) is 14.4. The van der Waals surface area contributed by atoms with Crippen molar-refractivity contribution in [2.45, 2.75) is 12.0 Å². The van der Waals surface area contributed by atoms with Crippen molar-refractivity contribution in [2.75, 3.05) is 0 Å². The van der Waals surface area contributed by atoms with E-state index in [1.165, 1.54) is 4.68 Å². The van der Waals surface area contributed by atoms with E-state index in [9.17, 15) is 9.90 Å². The summed E-state index contributed by atoms with van der Waals surface area (Å²) in [6.07, 6.45) is -0.945. The van der Waals surface area contributed by atoms with Crippen molar-refractivity contribution in [3.8, 4) is 5.69 Å². The summed E-state index contributed by atoms with van der Waals surface area (Å²) in [6.45, 7) is 0. The van der Waals surface area contributed by atoms with Gasteiger partial charge in [0.25, 0.3) is 5.91 Å². The summed E-state index contributed by atoms with van der Waals surface area (Å²) in [4.78, 5) is 15.4. The molecule has 8 heteroatoms. The number of aliphatic hydroxyl groups is 1. The first-order chi connectivity index (χ1) is 12.0. The molecule has 0 bridgehead atoms. The number of aliphatic hydroxyl groups excluding tert-OH is 1. The van der Waals surface area contributed by atoms with Gasteiger partial charge in [0.2, 0.25) is 5.82 Å². The molecule has 0 saturated heterocycles. The molecule has 1 amide bonds. The number of benzene rings is 2. The highest BCUT2D eigenvalue weighted by atomic mass is 35.5. The zero-order valence-electron chi connectivity index (χ0n) is 12.9. The molecule has 3 rings (SSSR count). The van der Waals surface area contributed by atoms with E-state index >= 15 is 0 Å². The van der Waals surface area contributed by atoms with Crippen LogP contribution in [-0.4, -0.2) is 25.8 Å². The Morgan fingerprint density at radius 3 is 2.60 bits per heavy atom. The predicted molar refractivity (Wildman–Crippen MR) is 94.9 cm³/mol. The standard InChI is InChI=1S/C17H14Cl2N4O2/c18-9-14-21-17(16(20)25)22-23(14)13-7-6-11(19)8-12(13)15(24)10-4-2-1-3-5-10/h1-8,15,24H,9H2,(H2,20,25). The zero-order chi connectivity index (χ0) is 18.0. The number of nitrogens with zero attached hydrogens (tertiary/aromatic N) is 3. The first kappa shape index (κ1) is 17.4. The third-order valence-electron chi connectivity index (χ3n) is 3.64. The highest BCUT2D eigenvalue weighted by molar-refractivity contribution is 6.30. The third kappa shape index (κ3) is 3.51. The molecular weight excluding hydrogens is 363 g/mol. The van der Waals surface area contributed by atoms with Crippen LogP contribution in [0.25, 0.3) is 5.69 Å². The van der Waals surface area contributed by atoms with E-state index in [-0.39, 0.29) is 11.7 Å². The molecule has 1 aromatic heterocycles. The molecule has 3 aromatic rings. The fourth-order valence-electron chi connectivity index (χ4n) is 2.48. The summed E-state index contributed by atoms with van der Waals surface area (Å²) in [5.74, 6) is -0.557. The number of nitrogens with two attached hydrogens (primary N) is 1. The summed E-state index contributed by atoms with van der Waals surface area (Å²) in [7, 11) is 0. The fourth-order valence-corrected chi connectivity index (χ4v) is 2.83.